The molecule has 35 heavy (non-hydrogen) atoms. The van der Waals surface area contributed by atoms with E-state index in [4.69, 9.17) is 14.9 Å². The van der Waals surface area contributed by atoms with Crippen LogP contribution in [0.15, 0.2) is 33.0 Å². The maximum atomic E-state index is 11.6. The average Bonchev–Trinajstić information content (AvgIpc) is 3.46. The number of hydrogen-bond acceptors (Lipinski definition) is 8. The number of hydrogen-bond donors (Lipinski definition) is 4. The summed E-state index contributed by atoms with van der Waals surface area (Å²) in [7, 11) is 0. The highest BCUT2D eigenvalue weighted by atomic mass is 79.9. The number of likely N-dealkylation sites (tertiary alicyclic amines) is 1. The number of nitrogens with one attached hydrogen (secondary N) is 2. The van der Waals surface area contributed by atoms with Crippen molar-refractivity contribution in [1.82, 2.24) is 24.4 Å². The summed E-state index contributed by atoms with van der Waals surface area (Å²) in [5, 5.41) is 27.5. The number of aryl methyl sites for hydroxylation is 1. The zero-order valence-electron chi connectivity index (χ0n) is 18.2. The Kier molecular flexibility index (Phi) is 6.32. The van der Waals surface area contributed by atoms with Gasteiger partial charge in [-0.2, -0.15) is 0 Å². The Morgan fingerprint density at radius 2 is 2.06 bits per heavy atom. The van der Waals surface area contributed by atoms with Crippen LogP contribution in [-0.4, -0.2) is 66.1 Å². The van der Waals surface area contributed by atoms with E-state index >= 15 is 0 Å². The molecular weight excluding hydrogens is 544 g/mol. The molecule has 2 aliphatic heterocycles. The number of benzene rings is 1. The van der Waals surface area contributed by atoms with Crippen LogP contribution in [0.5, 0.6) is 11.5 Å². The van der Waals surface area contributed by atoms with Gasteiger partial charge in [-0.05, 0) is 53.2 Å². The molecule has 1 amide bonds. The Bertz CT molecular complexity index is 1380. The van der Waals surface area contributed by atoms with Gasteiger partial charge in [0.25, 0.3) is 0 Å². The summed E-state index contributed by atoms with van der Waals surface area (Å²) >= 11 is 4.92. The predicted molar refractivity (Wildman–Crippen MR) is 126 cm³/mol. The molecule has 2 atom stereocenters. The molecule has 5 rings (SSSR count). The Morgan fingerprint density at radius 3 is 2.80 bits per heavy atom. The van der Waals surface area contributed by atoms with Crippen molar-refractivity contribution < 1.29 is 29.3 Å². The summed E-state index contributed by atoms with van der Waals surface area (Å²) in [6.45, 7) is 0.877. The van der Waals surface area contributed by atoms with Crippen LogP contribution in [0, 0.1) is 11.3 Å². The minimum Gasteiger partial charge on any atom is -0.480 e. The fourth-order valence-corrected chi connectivity index (χ4v) is 5.72. The van der Waals surface area contributed by atoms with Crippen LogP contribution >= 0.6 is 27.7 Å². The number of carbonyl (C=O) groups is 2. The van der Waals surface area contributed by atoms with E-state index in [0.29, 0.717) is 47.2 Å². The number of rotatable bonds is 6. The number of aliphatic carboxylic acids is 1. The van der Waals surface area contributed by atoms with Crippen molar-refractivity contribution in [1.29, 1.82) is 5.41 Å². The van der Waals surface area contributed by atoms with Crippen molar-refractivity contribution in [2.45, 2.75) is 41.9 Å². The van der Waals surface area contributed by atoms with Crippen LogP contribution in [0.1, 0.15) is 19.3 Å². The van der Waals surface area contributed by atoms with Crippen LogP contribution in [0.25, 0.3) is 11.2 Å². The summed E-state index contributed by atoms with van der Waals surface area (Å²) in [5.41, 5.74) is 1.14. The van der Waals surface area contributed by atoms with E-state index in [1.807, 2.05) is 16.7 Å². The van der Waals surface area contributed by atoms with E-state index in [0.717, 1.165) is 14.3 Å². The van der Waals surface area contributed by atoms with E-state index in [1.54, 1.807) is 6.33 Å². The molecule has 1 fully saturated rings. The maximum Gasteiger partial charge on any atom is 0.408 e. The summed E-state index contributed by atoms with van der Waals surface area (Å²) in [6.07, 6.45) is 1.83. The maximum absolute atomic E-state index is 11.6. The summed E-state index contributed by atoms with van der Waals surface area (Å²) in [6, 6.07) is 2.66. The standard InChI is InChI=1S/C21H21BrN6O6S/c22-11-6-13-14(34-9-33-13)7-15(11)35-20-25-16-17(23)24-8-27(18(16)26-20)3-1-10-2-4-28(21(31)32)12(5-10)19(29)30/h6-8,10,12,23H,1-5,9H2,(H,25,26)(H,29,30)(H,31,32)/t10-,12+/m1/s1. The molecule has 4 N–H and O–H groups in total. The van der Waals surface area contributed by atoms with Crippen molar-refractivity contribution in [3.8, 4) is 11.5 Å². The number of ether oxygens (including phenoxy) is 2. The molecule has 184 valence electrons. The van der Waals surface area contributed by atoms with Crippen molar-refractivity contribution in [3.63, 3.8) is 0 Å². The lowest BCUT2D eigenvalue weighted by atomic mass is 9.88. The number of carboxylic acids is 1. The topological polar surface area (TPSA) is 167 Å². The molecule has 0 saturated carbocycles. The number of piperidine rings is 1. The third-order valence-corrected chi connectivity index (χ3v) is 8.01. The lowest BCUT2D eigenvalue weighted by Gasteiger charge is -2.35. The molecule has 2 aliphatic rings. The normalized spacial score (nSPS) is 19.3. The molecule has 0 spiro atoms. The number of halogens is 1. The molecule has 3 aromatic rings. The first-order valence-electron chi connectivity index (χ1n) is 10.8. The lowest BCUT2D eigenvalue weighted by Crippen LogP contribution is -2.49. The van der Waals surface area contributed by atoms with Gasteiger partial charge in [-0.1, -0.05) is 11.8 Å². The van der Waals surface area contributed by atoms with E-state index in [-0.39, 0.29) is 31.2 Å². The third-order valence-electron chi connectivity index (χ3n) is 6.15. The van der Waals surface area contributed by atoms with Gasteiger partial charge in [0, 0.05) is 22.5 Å². The Hall–Kier alpha value is -3.26. The number of imidazole rings is 1. The second-order valence-electron chi connectivity index (χ2n) is 8.27. The molecule has 0 radical (unpaired) electrons. The van der Waals surface area contributed by atoms with Crippen LogP contribution < -0.4 is 15.0 Å². The first-order chi connectivity index (χ1) is 16.8. The monoisotopic (exact) mass is 564 g/mol. The Morgan fingerprint density at radius 1 is 1.29 bits per heavy atom. The van der Waals surface area contributed by atoms with Gasteiger partial charge in [-0.3, -0.25) is 10.3 Å². The molecule has 1 aromatic carbocycles. The smallest absolute Gasteiger partial charge is 0.408 e. The number of nitrogens with zero attached hydrogens (tertiary/aromatic N) is 4. The second kappa shape index (κ2) is 9.41. The quantitative estimate of drug-likeness (QED) is 0.351. The van der Waals surface area contributed by atoms with Gasteiger partial charge in [0.05, 0.1) is 6.33 Å². The predicted octanol–water partition coefficient (Wildman–Crippen LogP) is 3.11. The van der Waals surface area contributed by atoms with E-state index in [2.05, 4.69) is 30.9 Å². The molecule has 12 nitrogen and oxygen atoms in total. The largest absolute Gasteiger partial charge is 0.480 e. The zero-order chi connectivity index (χ0) is 24.7. The van der Waals surface area contributed by atoms with Gasteiger partial charge < -0.3 is 29.2 Å². The van der Waals surface area contributed by atoms with Crippen LogP contribution in [0.3, 0.4) is 0 Å². The molecule has 0 unspecified atom stereocenters. The first-order valence-corrected chi connectivity index (χ1v) is 12.4. The molecule has 4 heterocycles. The SMILES string of the molecule is N=c1ncn(CC[C@@H]2CCN(C(=O)O)[C@H](C(=O)O)C2)c2nc(Sc3cc4c(cc3Br)OCO4)[nH]c12. The fourth-order valence-electron chi connectivity index (χ4n) is 4.34. The van der Waals surface area contributed by atoms with Crippen molar-refractivity contribution >= 4 is 50.9 Å². The van der Waals surface area contributed by atoms with Crippen molar-refractivity contribution in [2.75, 3.05) is 13.3 Å². The fraction of sp³-hybridized carbons (Fsp3) is 0.381. The molecule has 0 bridgehead atoms. The number of fused-ring (bicyclic) bond motifs is 2. The average molecular weight is 565 g/mol. The van der Waals surface area contributed by atoms with E-state index < -0.39 is 18.1 Å². The molecule has 1 saturated heterocycles. The van der Waals surface area contributed by atoms with E-state index in [1.165, 1.54) is 11.8 Å². The van der Waals surface area contributed by atoms with Crippen molar-refractivity contribution in [3.05, 3.63) is 28.4 Å². The van der Waals surface area contributed by atoms with Gasteiger partial charge in [-0.25, -0.2) is 19.6 Å². The van der Waals surface area contributed by atoms with Crippen LogP contribution in [-0.2, 0) is 11.3 Å². The number of amides is 1. The van der Waals surface area contributed by atoms with Crippen LogP contribution in [0.4, 0.5) is 4.79 Å². The molecule has 2 aromatic heterocycles. The minimum atomic E-state index is -1.21. The van der Waals surface area contributed by atoms with Crippen LogP contribution in [0.2, 0.25) is 0 Å². The number of aromatic nitrogens is 4. The minimum absolute atomic E-state index is 0.0438. The molecule has 14 heteroatoms. The summed E-state index contributed by atoms with van der Waals surface area (Å²) < 4.78 is 13.5. The van der Waals surface area contributed by atoms with Gasteiger partial charge in [-0.15, -0.1) is 0 Å². The highest BCUT2D eigenvalue weighted by molar-refractivity contribution is 9.10. The third kappa shape index (κ3) is 4.67. The summed E-state index contributed by atoms with van der Waals surface area (Å²) in [4.78, 5) is 36.8. The number of aromatic amines is 1. The first kappa shape index (κ1) is 23.5. The second-order valence-corrected chi connectivity index (χ2v) is 10.2. The van der Waals surface area contributed by atoms with Gasteiger partial charge in [0.2, 0.25) is 6.79 Å². The van der Waals surface area contributed by atoms with E-state index in [9.17, 15) is 19.8 Å². The van der Waals surface area contributed by atoms with Gasteiger partial charge in [0.1, 0.15) is 11.6 Å². The molecular formula is C21H21BrN6O6S. The number of H-pyrrole nitrogens is 1. The zero-order valence-corrected chi connectivity index (χ0v) is 20.6. The Balaban J connectivity index is 1.34. The van der Waals surface area contributed by atoms with Crippen molar-refractivity contribution in [2.24, 2.45) is 5.92 Å². The summed E-state index contributed by atoms with van der Waals surface area (Å²) in [5.74, 6) is 0.234. The number of carboxylic acid groups (broad SMARTS) is 2. The van der Waals surface area contributed by atoms with Gasteiger partial charge >= 0.3 is 12.1 Å². The highest BCUT2D eigenvalue weighted by Gasteiger charge is 2.36. The van der Waals surface area contributed by atoms with Gasteiger partial charge in [0.15, 0.2) is 27.8 Å². The molecule has 0 aliphatic carbocycles. The lowest BCUT2D eigenvalue weighted by molar-refractivity contribution is -0.144. The Labute approximate surface area is 210 Å². The highest BCUT2D eigenvalue weighted by Crippen LogP contribution is 2.42.